The topological polar surface area (TPSA) is 79.6 Å². The zero-order chi connectivity index (χ0) is 15.1. The van der Waals surface area contributed by atoms with Crippen molar-refractivity contribution in [2.75, 3.05) is 26.3 Å². The van der Waals surface area contributed by atoms with Crippen LogP contribution in [-0.2, 0) is 14.3 Å². The third kappa shape index (κ3) is 4.41. The molecular formula is C14H22N2O4. The van der Waals surface area contributed by atoms with Gasteiger partial charge in [-0.3, -0.25) is 0 Å². The van der Waals surface area contributed by atoms with Gasteiger partial charge in [0.15, 0.2) is 6.61 Å². The summed E-state index contributed by atoms with van der Waals surface area (Å²) in [5, 5.41) is 9.12. The Bertz CT molecular complexity index is 389. The van der Waals surface area contributed by atoms with E-state index < -0.39 is 12.1 Å². The molecule has 2 atom stereocenters. The molecule has 1 aliphatic heterocycles. The van der Waals surface area contributed by atoms with Crippen LogP contribution in [-0.4, -0.2) is 43.3 Å². The number of nitrogens with zero attached hydrogens (tertiary/aromatic N) is 2. The van der Waals surface area contributed by atoms with Crippen LogP contribution in [0.1, 0.15) is 27.2 Å². The van der Waals surface area contributed by atoms with E-state index in [1.54, 1.807) is 11.8 Å². The number of ether oxygens (including phenoxy) is 2. The SMILES string of the molecule is CCOC(=O)COC(=O)N1CCC(C#N)C(C(C)C)C1. The van der Waals surface area contributed by atoms with Crippen LogP contribution in [0.2, 0.25) is 0 Å². The van der Waals surface area contributed by atoms with Crippen LogP contribution in [0.3, 0.4) is 0 Å². The zero-order valence-electron chi connectivity index (χ0n) is 12.3. The third-order valence-electron chi connectivity index (χ3n) is 3.56. The zero-order valence-corrected chi connectivity index (χ0v) is 12.3. The first kappa shape index (κ1) is 16.3. The first-order valence-corrected chi connectivity index (χ1v) is 6.96. The van der Waals surface area contributed by atoms with Gasteiger partial charge in [-0.15, -0.1) is 0 Å². The monoisotopic (exact) mass is 282 g/mol. The highest BCUT2D eigenvalue weighted by Gasteiger charge is 2.34. The van der Waals surface area contributed by atoms with Crippen LogP contribution >= 0.6 is 0 Å². The van der Waals surface area contributed by atoms with E-state index in [1.807, 2.05) is 13.8 Å². The van der Waals surface area contributed by atoms with E-state index in [0.717, 1.165) is 0 Å². The van der Waals surface area contributed by atoms with Crippen molar-refractivity contribution in [1.82, 2.24) is 4.90 Å². The van der Waals surface area contributed by atoms with Crippen molar-refractivity contribution in [2.45, 2.75) is 27.2 Å². The molecule has 0 saturated carbocycles. The predicted octanol–water partition coefficient (Wildman–Crippen LogP) is 1.80. The Morgan fingerprint density at radius 3 is 2.65 bits per heavy atom. The number of rotatable bonds is 4. The number of carbonyl (C=O) groups excluding carboxylic acids is 2. The molecule has 6 nitrogen and oxygen atoms in total. The van der Waals surface area contributed by atoms with Crippen molar-refractivity contribution >= 4 is 12.1 Å². The molecule has 0 bridgehead atoms. The molecule has 0 aliphatic carbocycles. The average Bonchev–Trinajstić information content (AvgIpc) is 2.44. The van der Waals surface area contributed by atoms with Gasteiger partial charge in [0.25, 0.3) is 0 Å². The van der Waals surface area contributed by atoms with Gasteiger partial charge in [-0.2, -0.15) is 5.26 Å². The molecule has 1 aliphatic rings. The molecule has 0 aromatic heterocycles. The number of piperidine rings is 1. The molecule has 0 radical (unpaired) electrons. The molecular weight excluding hydrogens is 260 g/mol. The van der Waals surface area contributed by atoms with Crippen molar-refractivity contribution in [3.05, 3.63) is 0 Å². The quantitative estimate of drug-likeness (QED) is 0.735. The Hall–Kier alpha value is -1.77. The highest BCUT2D eigenvalue weighted by molar-refractivity contribution is 5.75. The van der Waals surface area contributed by atoms with Crippen LogP contribution in [0.25, 0.3) is 0 Å². The summed E-state index contributed by atoms with van der Waals surface area (Å²) in [5.74, 6) is -0.110. The van der Waals surface area contributed by atoms with E-state index in [9.17, 15) is 9.59 Å². The lowest BCUT2D eigenvalue weighted by Gasteiger charge is -2.37. The second-order valence-corrected chi connectivity index (χ2v) is 5.24. The highest BCUT2D eigenvalue weighted by Crippen LogP contribution is 2.29. The molecule has 1 amide bonds. The van der Waals surface area contributed by atoms with Gasteiger partial charge in [-0.1, -0.05) is 13.8 Å². The summed E-state index contributed by atoms with van der Waals surface area (Å²) < 4.78 is 9.62. The summed E-state index contributed by atoms with van der Waals surface area (Å²) >= 11 is 0. The van der Waals surface area contributed by atoms with Crippen molar-refractivity contribution < 1.29 is 19.1 Å². The molecule has 0 aromatic rings. The lowest BCUT2D eigenvalue weighted by Crippen LogP contribution is -2.45. The van der Waals surface area contributed by atoms with E-state index >= 15 is 0 Å². The summed E-state index contributed by atoms with van der Waals surface area (Å²) in [6, 6.07) is 2.31. The highest BCUT2D eigenvalue weighted by atomic mass is 16.6. The van der Waals surface area contributed by atoms with Crippen LogP contribution in [0.15, 0.2) is 0 Å². The first-order valence-electron chi connectivity index (χ1n) is 6.96. The van der Waals surface area contributed by atoms with E-state index in [4.69, 9.17) is 14.7 Å². The molecule has 1 saturated heterocycles. The molecule has 0 spiro atoms. The Morgan fingerprint density at radius 1 is 1.40 bits per heavy atom. The minimum absolute atomic E-state index is 0.0240. The van der Waals surface area contributed by atoms with E-state index in [2.05, 4.69) is 6.07 Å². The predicted molar refractivity (Wildman–Crippen MR) is 71.6 cm³/mol. The van der Waals surface area contributed by atoms with Crippen LogP contribution < -0.4 is 0 Å². The second kappa shape index (κ2) is 7.73. The molecule has 1 heterocycles. The molecule has 6 heteroatoms. The van der Waals surface area contributed by atoms with Gasteiger partial charge in [0.05, 0.1) is 18.6 Å². The summed E-state index contributed by atoms with van der Waals surface area (Å²) in [7, 11) is 0. The number of nitriles is 1. The third-order valence-corrected chi connectivity index (χ3v) is 3.56. The molecule has 0 N–H and O–H groups in total. The van der Waals surface area contributed by atoms with E-state index in [-0.39, 0.29) is 25.0 Å². The van der Waals surface area contributed by atoms with Crippen LogP contribution in [0.4, 0.5) is 4.79 Å². The lowest BCUT2D eigenvalue weighted by molar-refractivity contribution is -0.146. The maximum Gasteiger partial charge on any atom is 0.410 e. The fourth-order valence-electron chi connectivity index (χ4n) is 2.40. The average molecular weight is 282 g/mol. The number of esters is 1. The van der Waals surface area contributed by atoms with Gasteiger partial charge in [0, 0.05) is 13.1 Å². The lowest BCUT2D eigenvalue weighted by atomic mass is 9.79. The molecule has 2 unspecified atom stereocenters. The number of amides is 1. The Balaban J connectivity index is 2.50. The smallest absolute Gasteiger partial charge is 0.410 e. The Labute approximate surface area is 119 Å². The van der Waals surface area contributed by atoms with Crippen molar-refractivity contribution in [1.29, 1.82) is 5.26 Å². The summed E-state index contributed by atoms with van der Waals surface area (Å²) in [4.78, 5) is 24.6. The Morgan fingerprint density at radius 2 is 2.10 bits per heavy atom. The molecule has 0 aromatic carbocycles. The fourth-order valence-corrected chi connectivity index (χ4v) is 2.40. The van der Waals surface area contributed by atoms with E-state index in [0.29, 0.717) is 25.4 Å². The second-order valence-electron chi connectivity index (χ2n) is 5.24. The number of hydrogen-bond donors (Lipinski definition) is 0. The van der Waals surface area contributed by atoms with Crippen molar-refractivity contribution in [2.24, 2.45) is 17.8 Å². The van der Waals surface area contributed by atoms with Gasteiger partial charge in [-0.25, -0.2) is 9.59 Å². The first-order chi connectivity index (χ1) is 9.49. The maximum atomic E-state index is 11.9. The van der Waals surface area contributed by atoms with E-state index in [1.165, 1.54) is 0 Å². The van der Waals surface area contributed by atoms with Gasteiger partial charge in [0.1, 0.15) is 0 Å². The summed E-state index contributed by atoms with van der Waals surface area (Å²) in [6.45, 7) is 6.67. The van der Waals surface area contributed by atoms with Crippen molar-refractivity contribution in [3.8, 4) is 6.07 Å². The van der Waals surface area contributed by atoms with Crippen molar-refractivity contribution in [3.63, 3.8) is 0 Å². The van der Waals surface area contributed by atoms with Crippen LogP contribution in [0.5, 0.6) is 0 Å². The largest absolute Gasteiger partial charge is 0.463 e. The minimum Gasteiger partial charge on any atom is -0.463 e. The number of hydrogen-bond acceptors (Lipinski definition) is 5. The van der Waals surface area contributed by atoms with Crippen LogP contribution in [0, 0.1) is 29.1 Å². The molecule has 1 fully saturated rings. The van der Waals surface area contributed by atoms with Gasteiger partial charge in [-0.05, 0) is 25.2 Å². The minimum atomic E-state index is -0.548. The number of likely N-dealkylation sites (tertiary alicyclic amines) is 1. The van der Waals surface area contributed by atoms with Gasteiger partial charge in [0.2, 0.25) is 0 Å². The Kier molecular flexibility index (Phi) is 6.29. The molecule has 20 heavy (non-hydrogen) atoms. The van der Waals surface area contributed by atoms with Gasteiger partial charge < -0.3 is 14.4 Å². The summed E-state index contributed by atoms with van der Waals surface area (Å²) in [5.41, 5.74) is 0. The maximum absolute atomic E-state index is 11.9. The molecule has 1 rings (SSSR count). The van der Waals surface area contributed by atoms with Gasteiger partial charge >= 0.3 is 12.1 Å². The number of carbonyl (C=O) groups is 2. The normalized spacial score (nSPS) is 22.2. The standard InChI is InChI=1S/C14H22N2O4/c1-4-19-13(17)9-20-14(18)16-6-5-11(7-15)12(8-16)10(2)3/h10-12H,4-6,8-9H2,1-3H3. The molecule has 112 valence electrons. The summed E-state index contributed by atoms with van der Waals surface area (Å²) in [6.07, 6.45) is 0.133. The fraction of sp³-hybridized carbons (Fsp3) is 0.786.